The molecule has 4 heteroatoms. The van der Waals surface area contributed by atoms with Gasteiger partial charge >= 0.3 is 0 Å². The fourth-order valence-electron chi connectivity index (χ4n) is 3.03. The number of aromatic amines is 1. The molecule has 1 amide bonds. The van der Waals surface area contributed by atoms with Crippen LogP contribution < -0.4 is 0 Å². The summed E-state index contributed by atoms with van der Waals surface area (Å²) < 4.78 is 0. The van der Waals surface area contributed by atoms with Crippen LogP contribution in [0, 0.1) is 5.92 Å². The predicted octanol–water partition coefficient (Wildman–Crippen LogP) is 1.87. The maximum atomic E-state index is 12.2. The van der Waals surface area contributed by atoms with Gasteiger partial charge in [0.05, 0.1) is 6.20 Å². The summed E-state index contributed by atoms with van der Waals surface area (Å²) in [6, 6.07) is 0. The molecule has 0 unspecified atom stereocenters. The molecule has 2 heterocycles. The van der Waals surface area contributed by atoms with Crippen LogP contribution in [0.4, 0.5) is 0 Å². The Bertz CT molecular complexity index is 407. The SMILES string of the molecule is O=C(CC1CCCC1)N1CCc2[nH]ncc2C1. The van der Waals surface area contributed by atoms with Crippen LogP contribution in [-0.2, 0) is 17.8 Å². The lowest BCUT2D eigenvalue weighted by molar-refractivity contribution is -0.133. The standard InChI is InChI=1S/C13H19N3O/c17-13(7-10-3-1-2-4-10)16-6-5-12-11(9-16)8-14-15-12/h8,10H,1-7,9H2,(H,14,15). The number of carbonyl (C=O) groups excluding carboxylic acids is 1. The molecule has 1 saturated carbocycles. The summed E-state index contributed by atoms with van der Waals surface area (Å²) in [4.78, 5) is 14.2. The average Bonchev–Trinajstić information content (AvgIpc) is 2.97. The van der Waals surface area contributed by atoms with E-state index in [1.54, 1.807) is 0 Å². The second kappa shape index (κ2) is 4.51. The highest BCUT2D eigenvalue weighted by molar-refractivity contribution is 5.76. The van der Waals surface area contributed by atoms with E-state index in [9.17, 15) is 4.79 Å². The topological polar surface area (TPSA) is 49.0 Å². The summed E-state index contributed by atoms with van der Waals surface area (Å²) >= 11 is 0. The number of aromatic nitrogens is 2. The smallest absolute Gasteiger partial charge is 0.223 e. The Balaban J connectivity index is 1.60. The Morgan fingerprint density at radius 2 is 2.29 bits per heavy atom. The summed E-state index contributed by atoms with van der Waals surface area (Å²) in [5, 5.41) is 7.04. The van der Waals surface area contributed by atoms with E-state index in [2.05, 4.69) is 10.2 Å². The van der Waals surface area contributed by atoms with E-state index in [4.69, 9.17) is 0 Å². The van der Waals surface area contributed by atoms with Crippen molar-refractivity contribution in [3.8, 4) is 0 Å². The van der Waals surface area contributed by atoms with Crippen molar-refractivity contribution < 1.29 is 4.79 Å². The number of nitrogens with zero attached hydrogens (tertiary/aromatic N) is 2. The predicted molar refractivity (Wildman–Crippen MR) is 64.3 cm³/mol. The van der Waals surface area contributed by atoms with E-state index in [1.165, 1.54) is 36.9 Å². The van der Waals surface area contributed by atoms with Gasteiger partial charge < -0.3 is 4.90 Å². The molecule has 0 spiro atoms. The highest BCUT2D eigenvalue weighted by atomic mass is 16.2. The molecule has 3 rings (SSSR count). The zero-order valence-corrected chi connectivity index (χ0v) is 10.1. The summed E-state index contributed by atoms with van der Waals surface area (Å²) in [7, 11) is 0. The van der Waals surface area contributed by atoms with E-state index in [0.717, 1.165) is 25.9 Å². The van der Waals surface area contributed by atoms with Crippen molar-refractivity contribution in [3.63, 3.8) is 0 Å². The zero-order valence-electron chi connectivity index (χ0n) is 10.1. The molecule has 2 aliphatic rings. The fraction of sp³-hybridized carbons (Fsp3) is 0.692. The third-order valence-electron chi connectivity index (χ3n) is 4.09. The van der Waals surface area contributed by atoms with Crippen LogP contribution in [0.5, 0.6) is 0 Å². The molecule has 1 aliphatic heterocycles. The van der Waals surface area contributed by atoms with Crippen LogP contribution in [0.15, 0.2) is 6.20 Å². The fourth-order valence-corrected chi connectivity index (χ4v) is 3.03. The number of H-pyrrole nitrogens is 1. The Labute approximate surface area is 101 Å². The van der Waals surface area contributed by atoms with E-state index in [0.29, 0.717) is 11.8 Å². The molecule has 1 fully saturated rings. The van der Waals surface area contributed by atoms with Crippen LogP contribution >= 0.6 is 0 Å². The van der Waals surface area contributed by atoms with Gasteiger partial charge in [0.1, 0.15) is 0 Å². The van der Waals surface area contributed by atoms with Gasteiger partial charge in [-0.3, -0.25) is 9.89 Å². The second-order valence-electron chi connectivity index (χ2n) is 5.29. The van der Waals surface area contributed by atoms with Gasteiger partial charge in [0.25, 0.3) is 0 Å². The largest absolute Gasteiger partial charge is 0.338 e. The number of hydrogen-bond acceptors (Lipinski definition) is 2. The van der Waals surface area contributed by atoms with Crippen LogP contribution in [-0.4, -0.2) is 27.5 Å². The Hall–Kier alpha value is -1.32. The zero-order chi connectivity index (χ0) is 11.7. The maximum Gasteiger partial charge on any atom is 0.223 e. The van der Waals surface area contributed by atoms with Gasteiger partial charge in [0, 0.05) is 37.2 Å². The van der Waals surface area contributed by atoms with Crippen LogP contribution in [0.25, 0.3) is 0 Å². The molecule has 0 saturated heterocycles. The van der Waals surface area contributed by atoms with Crippen molar-refractivity contribution in [3.05, 3.63) is 17.5 Å². The second-order valence-corrected chi connectivity index (χ2v) is 5.29. The Morgan fingerprint density at radius 3 is 3.12 bits per heavy atom. The normalized spacial score (nSPS) is 20.6. The average molecular weight is 233 g/mol. The molecule has 0 aromatic carbocycles. The van der Waals surface area contributed by atoms with Crippen LogP contribution in [0.1, 0.15) is 43.4 Å². The monoisotopic (exact) mass is 233 g/mol. The van der Waals surface area contributed by atoms with Crippen LogP contribution in [0.2, 0.25) is 0 Å². The van der Waals surface area contributed by atoms with E-state index < -0.39 is 0 Å². The first-order valence-corrected chi connectivity index (χ1v) is 6.62. The summed E-state index contributed by atoms with van der Waals surface area (Å²) in [5.41, 5.74) is 2.39. The minimum Gasteiger partial charge on any atom is -0.338 e. The third kappa shape index (κ3) is 2.21. The minimum absolute atomic E-state index is 0.337. The van der Waals surface area contributed by atoms with Crippen molar-refractivity contribution in [2.24, 2.45) is 5.92 Å². The molecule has 17 heavy (non-hydrogen) atoms. The van der Waals surface area contributed by atoms with Gasteiger partial charge in [-0.05, 0) is 18.8 Å². The van der Waals surface area contributed by atoms with Gasteiger partial charge in [0.2, 0.25) is 5.91 Å². The van der Waals surface area contributed by atoms with Gasteiger partial charge in [0.15, 0.2) is 0 Å². The van der Waals surface area contributed by atoms with Crippen molar-refractivity contribution >= 4 is 5.91 Å². The van der Waals surface area contributed by atoms with Crippen molar-refractivity contribution in [2.45, 2.75) is 45.1 Å². The molecule has 1 N–H and O–H groups in total. The maximum absolute atomic E-state index is 12.2. The molecule has 0 bridgehead atoms. The van der Waals surface area contributed by atoms with E-state index >= 15 is 0 Å². The first-order chi connectivity index (χ1) is 8.33. The van der Waals surface area contributed by atoms with Crippen molar-refractivity contribution in [1.29, 1.82) is 0 Å². The molecule has 1 aliphatic carbocycles. The van der Waals surface area contributed by atoms with Gasteiger partial charge in [-0.2, -0.15) is 5.10 Å². The van der Waals surface area contributed by atoms with E-state index in [-0.39, 0.29) is 0 Å². The number of carbonyl (C=O) groups is 1. The summed E-state index contributed by atoms with van der Waals surface area (Å²) in [5.74, 6) is 0.983. The highest BCUT2D eigenvalue weighted by Crippen LogP contribution is 2.28. The molecular formula is C13H19N3O. The molecule has 0 radical (unpaired) electrons. The highest BCUT2D eigenvalue weighted by Gasteiger charge is 2.25. The van der Waals surface area contributed by atoms with Gasteiger partial charge in [-0.15, -0.1) is 0 Å². The summed E-state index contributed by atoms with van der Waals surface area (Å²) in [6.45, 7) is 1.60. The molecule has 1 aromatic rings. The molecule has 4 nitrogen and oxygen atoms in total. The number of nitrogens with one attached hydrogen (secondary N) is 1. The molecule has 92 valence electrons. The number of rotatable bonds is 2. The van der Waals surface area contributed by atoms with Crippen LogP contribution in [0.3, 0.4) is 0 Å². The lowest BCUT2D eigenvalue weighted by Gasteiger charge is -2.27. The lowest BCUT2D eigenvalue weighted by Crippen LogP contribution is -2.36. The van der Waals surface area contributed by atoms with Crippen molar-refractivity contribution in [2.75, 3.05) is 6.54 Å². The minimum atomic E-state index is 0.337. The van der Waals surface area contributed by atoms with Crippen molar-refractivity contribution in [1.82, 2.24) is 15.1 Å². The molecule has 0 atom stereocenters. The quantitative estimate of drug-likeness (QED) is 0.847. The lowest BCUT2D eigenvalue weighted by atomic mass is 10.0. The van der Waals surface area contributed by atoms with E-state index in [1.807, 2.05) is 11.1 Å². The molecule has 1 aromatic heterocycles. The first kappa shape index (κ1) is 10.8. The Kier molecular flexibility index (Phi) is 2.87. The number of hydrogen-bond donors (Lipinski definition) is 1. The van der Waals surface area contributed by atoms with Gasteiger partial charge in [-0.25, -0.2) is 0 Å². The van der Waals surface area contributed by atoms with Gasteiger partial charge in [-0.1, -0.05) is 12.8 Å². The summed E-state index contributed by atoms with van der Waals surface area (Å²) in [6.07, 6.45) is 8.64. The molecular weight excluding hydrogens is 214 g/mol. The first-order valence-electron chi connectivity index (χ1n) is 6.62. The Morgan fingerprint density at radius 1 is 1.47 bits per heavy atom. The number of amides is 1. The number of fused-ring (bicyclic) bond motifs is 1. The third-order valence-corrected chi connectivity index (χ3v) is 4.09.